The van der Waals surface area contributed by atoms with Gasteiger partial charge in [-0.1, -0.05) is 18.2 Å². The fourth-order valence-corrected chi connectivity index (χ4v) is 1.61. The standard InChI is InChI=1S/C14H22N2O2/c1-9(2)16-14(17)11(4)18-13-8-6-5-7-12(13)10(3)15/h5-11H,15H2,1-4H3,(H,16,17). The Morgan fingerprint density at radius 3 is 2.39 bits per heavy atom. The summed E-state index contributed by atoms with van der Waals surface area (Å²) in [4.78, 5) is 11.8. The normalized spacial score (nSPS) is 14.1. The van der Waals surface area contributed by atoms with Crippen LogP contribution in [-0.4, -0.2) is 18.1 Å². The summed E-state index contributed by atoms with van der Waals surface area (Å²) in [7, 11) is 0. The van der Waals surface area contributed by atoms with Crippen molar-refractivity contribution in [1.82, 2.24) is 5.32 Å². The summed E-state index contributed by atoms with van der Waals surface area (Å²) in [6.07, 6.45) is -0.535. The van der Waals surface area contributed by atoms with Crippen LogP contribution in [0.2, 0.25) is 0 Å². The van der Waals surface area contributed by atoms with Gasteiger partial charge in [0.2, 0.25) is 0 Å². The minimum absolute atomic E-state index is 0.104. The number of para-hydroxylation sites is 1. The molecular formula is C14H22N2O2. The van der Waals surface area contributed by atoms with Gasteiger partial charge in [-0.25, -0.2) is 0 Å². The molecule has 1 aromatic rings. The maximum atomic E-state index is 11.8. The zero-order valence-electron chi connectivity index (χ0n) is 11.4. The van der Waals surface area contributed by atoms with Crippen LogP contribution < -0.4 is 15.8 Å². The molecule has 0 radical (unpaired) electrons. The van der Waals surface area contributed by atoms with E-state index >= 15 is 0 Å². The Kier molecular flexibility index (Phi) is 5.16. The Balaban J connectivity index is 2.75. The third-order valence-electron chi connectivity index (χ3n) is 2.51. The van der Waals surface area contributed by atoms with Crippen molar-refractivity contribution in [2.45, 2.75) is 45.9 Å². The lowest BCUT2D eigenvalue weighted by Crippen LogP contribution is -2.40. The SMILES string of the molecule is CC(C)NC(=O)C(C)Oc1ccccc1C(C)N. The lowest BCUT2D eigenvalue weighted by molar-refractivity contribution is -0.127. The fraction of sp³-hybridized carbons (Fsp3) is 0.500. The van der Waals surface area contributed by atoms with Crippen molar-refractivity contribution in [2.75, 3.05) is 0 Å². The summed E-state index contributed by atoms with van der Waals surface area (Å²) in [5.74, 6) is 0.545. The number of ether oxygens (including phenoxy) is 1. The van der Waals surface area contributed by atoms with Crippen molar-refractivity contribution in [3.63, 3.8) is 0 Å². The summed E-state index contributed by atoms with van der Waals surface area (Å²) in [5.41, 5.74) is 6.77. The summed E-state index contributed by atoms with van der Waals surface area (Å²) in [5, 5.41) is 2.82. The van der Waals surface area contributed by atoms with Crippen LogP contribution in [0.1, 0.15) is 39.3 Å². The van der Waals surface area contributed by atoms with E-state index in [-0.39, 0.29) is 18.0 Å². The molecule has 3 N–H and O–H groups in total. The molecule has 0 aliphatic rings. The molecule has 2 atom stereocenters. The Hall–Kier alpha value is -1.55. The zero-order valence-corrected chi connectivity index (χ0v) is 11.4. The first-order valence-electron chi connectivity index (χ1n) is 6.23. The van der Waals surface area contributed by atoms with Crippen molar-refractivity contribution in [1.29, 1.82) is 0 Å². The van der Waals surface area contributed by atoms with Gasteiger partial charge in [0.1, 0.15) is 5.75 Å². The van der Waals surface area contributed by atoms with Gasteiger partial charge in [0.15, 0.2) is 6.10 Å². The van der Waals surface area contributed by atoms with E-state index in [1.807, 2.05) is 45.0 Å². The molecule has 2 unspecified atom stereocenters. The van der Waals surface area contributed by atoms with Gasteiger partial charge in [-0.3, -0.25) is 4.79 Å². The second kappa shape index (κ2) is 6.40. The molecule has 4 heteroatoms. The molecule has 0 spiro atoms. The number of amides is 1. The Labute approximate surface area is 109 Å². The first kappa shape index (κ1) is 14.5. The lowest BCUT2D eigenvalue weighted by Gasteiger charge is -2.19. The van der Waals surface area contributed by atoms with E-state index in [9.17, 15) is 4.79 Å². The van der Waals surface area contributed by atoms with Crippen molar-refractivity contribution >= 4 is 5.91 Å². The summed E-state index contributed by atoms with van der Waals surface area (Å²) in [6, 6.07) is 7.50. The molecule has 0 heterocycles. The smallest absolute Gasteiger partial charge is 0.260 e. The van der Waals surface area contributed by atoms with Crippen molar-refractivity contribution in [3.8, 4) is 5.75 Å². The predicted octanol–water partition coefficient (Wildman–Crippen LogP) is 2.00. The van der Waals surface area contributed by atoms with E-state index in [0.29, 0.717) is 5.75 Å². The van der Waals surface area contributed by atoms with Crippen LogP contribution in [-0.2, 0) is 4.79 Å². The third-order valence-corrected chi connectivity index (χ3v) is 2.51. The molecule has 100 valence electrons. The van der Waals surface area contributed by atoms with E-state index in [2.05, 4.69) is 5.32 Å². The highest BCUT2D eigenvalue weighted by atomic mass is 16.5. The minimum atomic E-state index is -0.535. The van der Waals surface area contributed by atoms with Crippen LogP contribution >= 0.6 is 0 Å². The number of carbonyl (C=O) groups excluding carboxylic acids is 1. The molecular weight excluding hydrogens is 228 g/mol. The number of hydrogen-bond acceptors (Lipinski definition) is 3. The number of benzene rings is 1. The van der Waals surface area contributed by atoms with Crippen LogP contribution in [0.25, 0.3) is 0 Å². The van der Waals surface area contributed by atoms with Crippen molar-refractivity contribution in [2.24, 2.45) is 5.73 Å². The van der Waals surface area contributed by atoms with Gasteiger partial charge in [0.05, 0.1) is 0 Å². The average Bonchev–Trinajstić information content (AvgIpc) is 2.28. The van der Waals surface area contributed by atoms with E-state index < -0.39 is 6.10 Å². The van der Waals surface area contributed by atoms with Crippen LogP contribution in [0.3, 0.4) is 0 Å². The van der Waals surface area contributed by atoms with Gasteiger partial charge in [0, 0.05) is 17.6 Å². The minimum Gasteiger partial charge on any atom is -0.481 e. The number of rotatable bonds is 5. The average molecular weight is 250 g/mol. The first-order chi connectivity index (χ1) is 8.41. The largest absolute Gasteiger partial charge is 0.481 e. The molecule has 0 saturated heterocycles. The quantitative estimate of drug-likeness (QED) is 0.840. The van der Waals surface area contributed by atoms with E-state index in [1.54, 1.807) is 6.92 Å². The maximum absolute atomic E-state index is 11.8. The highest BCUT2D eigenvalue weighted by Crippen LogP contribution is 2.24. The highest BCUT2D eigenvalue weighted by Gasteiger charge is 2.17. The van der Waals surface area contributed by atoms with Crippen molar-refractivity contribution in [3.05, 3.63) is 29.8 Å². The van der Waals surface area contributed by atoms with Crippen molar-refractivity contribution < 1.29 is 9.53 Å². The molecule has 0 saturated carbocycles. The number of nitrogens with two attached hydrogens (primary N) is 1. The molecule has 4 nitrogen and oxygen atoms in total. The lowest BCUT2D eigenvalue weighted by atomic mass is 10.1. The van der Waals surface area contributed by atoms with Crippen LogP contribution in [0.15, 0.2) is 24.3 Å². The van der Waals surface area contributed by atoms with E-state index in [0.717, 1.165) is 5.56 Å². The summed E-state index contributed by atoms with van der Waals surface area (Å²) < 4.78 is 5.68. The second-order valence-corrected chi connectivity index (χ2v) is 4.75. The molecule has 0 bridgehead atoms. The van der Waals surface area contributed by atoms with Gasteiger partial charge < -0.3 is 15.8 Å². The number of nitrogens with one attached hydrogen (secondary N) is 1. The monoisotopic (exact) mass is 250 g/mol. The fourth-order valence-electron chi connectivity index (χ4n) is 1.61. The number of carbonyl (C=O) groups is 1. The Morgan fingerprint density at radius 1 is 1.22 bits per heavy atom. The van der Waals surface area contributed by atoms with Gasteiger partial charge >= 0.3 is 0 Å². The van der Waals surface area contributed by atoms with Gasteiger partial charge in [0.25, 0.3) is 5.91 Å². The van der Waals surface area contributed by atoms with Crippen LogP contribution in [0.5, 0.6) is 5.75 Å². The van der Waals surface area contributed by atoms with E-state index in [4.69, 9.17) is 10.5 Å². The molecule has 1 aromatic carbocycles. The molecule has 0 aliphatic heterocycles. The predicted molar refractivity (Wildman–Crippen MR) is 72.4 cm³/mol. The Morgan fingerprint density at radius 2 is 1.83 bits per heavy atom. The Bertz CT molecular complexity index is 403. The number of hydrogen-bond donors (Lipinski definition) is 2. The molecule has 0 fully saturated rings. The van der Waals surface area contributed by atoms with Gasteiger partial charge in [-0.15, -0.1) is 0 Å². The van der Waals surface area contributed by atoms with Gasteiger partial charge in [-0.05, 0) is 33.8 Å². The molecule has 0 aliphatic carbocycles. The second-order valence-electron chi connectivity index (χ2n) is 4.75. The molecule has 0 aromatic heterocycles. The first-order valence-corrected chi connectivity index (χ1v) is 6.23. The zero-order chi connectivity index (χ0) is 13.7. The van der Waals surface area contributed by atoms with Gasteiger partial charge in [-0.2, -0.15) is 0 Å². The molecule has 1 rings (SSSR count). The molecule has 1 amide bonds. The third kappa shape index (κ3) is 4.04. The highest BCUT2D eigenvalue weighted by molar-refractivity contribution is 5.80. The van der Waals surface area contributed by atoms with E-state index in [1.165, 1.54) is 0 Å². The summed E-state index contributed by atoms with van der Waals surface area (Å²) in [6.45, 7) is 7.46. The maximum Gasteiger partial charge on any atom is 0.260 e. The van der Waals surface area contributed by atoms with Crippen LogP contribution in [0.4, 0.5) is 0 Å². The summed E-state index contributed by atoms with van der Waals surface area (Å²) >= 11 is 0. The van der Waals surface area contributed by atoms with Crippen LogP contribution in [0, 0.1) is 0 Å². The molecule has 18 heavy (non-hydrogen) atoms. The topological polar surface area (TPSA) is 64.3 Å².